The lowest BCUT2D eigenvalue weighted by molar-refractivity contribution is -0.144. The first-order chi connectivity index (χ1) is 9.18. The highest BCUT2D eigenvalue weighted by Gasteiger charge is 2.37. The molecule has 21 heavy (non-hydrogen) atoms. The second-order valence-corrected chi connectivity index (χ2v) is 4.34. The van der Waals surface area contributed by atoms with E-state index in [1.54, 1.807) is 0 Å². The number of carbonyl (C=O) groups excluding carboxylic acids is 1. The van der Waals surface area contributed by atoms with Gasteiger partial charge >= 0.3 is 12.1 Å². The summed E-state index contributed by atoms with van der Waals surface area (Å²) in [6.45, 7) is 1.58. The van der Waals surface area contributed by atoms with Crippen molar-refractivity contribution >= 4 is 30.0 Å². The van der Waals surface area contributed by atoms with E-state index in [1.807, 2.05) is 0 Å². The third-order valence-corrected chi connectivity index (χ3v) is 2.79. The first kappa shape index (κ1) is 19.9. The zero-order chi connectivity index (χ0) is 15.5. The van der Waals surface area contributed by atoms with Gasteiger partial charge in [0.2, 0.25) is 0 Å². The molecule has 0 bridgehead atoms. The van der Waals surface area contributed by atoms with Crippen LogP contribution in [0.15, 0.2) is 12.1 Å². The summed E-state index contributed by atoms with van der Waals surface area (Å²) in [4.78, 5) is 11.2. The molecule has 1 aromatic rings. The van der Waals surface area contributed by atoms with E-state index in [1.165, 1.54) is 6.92 Å². The number of hydrogen-bond donors (Lipinski definition) is 1. The zero-order valence-electron chi connectivity index (χ0n) is 10.8. The van der Waals surface area contributed by atoms with Crippen molar-refractivity contribution in [2.45, 2.75) is 25.6 Å². The van der Waals surface area contributed by atoms with E-state index in [0.717, 1.165) is 6.07 Å². The standard InChI is InChI=1S/C12H12ClF4NO2.ClH/c1-2-20-9(19)5-8(18)10-6(12(15,16)17)3-4-7(13)11(10)14;/h3-4,8H,2,5,18H2,1H3;1H/t8-;/m1./s1. The second-order valence-electron chi connectivity index (χ2n) is 3.94. The van der Waals surface area contributed by atoms with E-state index >= 15 is 0 Å². The molecule has 1 rings (SSSR count). The highest BCUT2D eigenvalue weighted by Crippen LogP contribution is 2.38. The predicted octanol–water partition coefficient (Wildman–Crippen LogP) is 3.87. The molecule has 0 spiro atoms. The molecule has 0 radical (unpaired) electrons. The van der Waals surface area contributed by atoms with Crippen molar-refractivity contribution in [3.05, 3.63) is 34.1 Å². The van der Waals surface area contributed by atoms with Crippen LogP contribution < -0.4 is 5.73 Å². The van der Waals surface area contributed by atoms with Gasteiger partial charge < -0.3 is 10.5 Å². The van der Waals surface area contributed by atoms with E-state index in [9.17, 15) is 22.4 Å². The zero-order valence-corrected chi connectivity index (χ0v) is 12.4. The Morgan fingerprint density at radius 1 is 1.43 bits per heavy atom. The number of benzene rings is 1. The van der Waals surface area contributed by atoms with E-state index in [2.05, 4.69) is 4.74 Å². The fourth-order valence-electron chi connectivity index (χ4n) is 1.68. The van der Waals surface area contributed by atoms with Crippen LogP contribution in [0.1, 0.15) is 30.5 Å². The van der Waals surface area contributed by atoms with Gasteiger partial charge in [0.25, 0.3) is 0 Å². The molecule has 0 fully saturated rings. The van der Waals surface area contributed by atoms with E-state index < -0.39 is 46.6 Å². The minimum Gasteiger partial charge on any atom is -0.466 e. The highest BCUT2D eigenvalue weighted by molar-refractivity contribution is 6.30. The molecule has 0 unspecified atom stereocenters. The quantitative estimate of drug-likeness (QED) is 0.663. The summed E-state index contributed by atoms with van der Waals surface area (Å²) in [6.07, 6.45) is -5.37. The molecular weight excluding hydrogens is 337 g/mol. The summed E-state index contributed by atoms with van der Waals surface area (Å²) >= 11 is 5.46. The van der Waals surface area contributed by atoms with Gasteiger partial charge in [-0.05, 0) is 19.1 Å². The molecule has 3 nitrogen and oxygen atoms in total. The van der Waals surface area contributed by atoms with Crippen molar-refractivity contribution in [1.82, 2.24) is 0 Å². The lowest BCUT2D eigenvalue weighted by atomic mass is 9.97. The first-order valence-electron chi connectivity index (χ1n) is 5.64. The molecule has 0 heterocycles. The number of esters is 1. The van der Waals surface area contributed by atoms with Crippen LogP contribution in [-0.2, 0) is 15.7 Å². The Bertz CT molecular complexity index is 509. The van der Waals surface area contributed by atoms with Crippen molar-refractivity contribution in [3.8, 4) is 0 Å². The Morgan fingerprint density at radius 3 is 2.48 bits per heavy atom. The van der Waals surface area contributed by atoms with Gasteiger partial charge in [0.05, 0.1) is 23.6 Å². The molecule has 0 aliphatic heterocycles. The van der Waals surface area contributed by atoms with Crippen molar-refractivity contribution in [3.63, 3.8) is 0 Å². The maximum Gasteiger partial charge on any atom is 0.416 e. The minimum absolute atomic E-state index is 0. The lowest BCUT2D eigenvalue weighted by Crippen LogP contribution is -2.23. The third-order valence-electron chi connectivity index (χ3n) is 2.50. The van der Waals surface area contributed by atoms with E-state index in [4.69, 9.17) is 17.3 Å². The number of hydrogen-bond acceptors (Lipinski definition) is 3. The number of ether oxygens (including phenoxy) is 1. The number of alkyl halides is 3. The number of rotatable bonds is 4. The van der Waals surface area contributed by atoms with Crippen molar-refractivity contribution in [2.75, 3.05) is 6.61 Å². The molecule has 9 heteroatoms. The summed E-state index contributed by atoms with van der Waals surface area (Å²) in [5, 5.41) is -0.493. The molecular formula is C12H13Cl2F4NO2. The molecule has 120 valence electrons. The minimum atomic E-state index is -4.80. The molecule has 0 amide bonds. The average molecular weight is 350 g/mol. The van der Waals surface area contributed by atoms with Crippen LogP contribution >= 0.6 is 24.0 Å². The maximum atomic E-state index is 13.8. The summed E-state index contributed by atoms with van der Waals surface area (Å²) in [6, 6.07) is -0.0733. The highest BCUT2D eigenvalue weighted by atomic mass is 35.5. The summed E-state index contributed by atoms with van der Waals surface area (Å²) in [5.74, 6) is -2.09. The Hall–Kier alpha value is -1.05. The number of nitrogens with two attached hydrogens (primary N) is 1. The van der Waals surface area contributed by atoms with Crippen molar-refractivity contribution in [1.29, 1.82) is 0 Å². The lowest BCUT2D eigenvalue weighted by Gasteiger charge is -2.19. The predicted molar refractivity (Wildman–Crippen MR) is 71.8 cm³/mol. The monoisotopic (exact) mass is 349 g/mol. The fraction of sp³-hybridized carbons (Fsp3) is 0.417. The number of halogens is 6. The van der Waals surface area contributed by atoms with Gasteiger partial charge in [-0.1, -0.05) is 11.6 Å². The van der Waals surface area contributed by atoms with Crippen molar-refractivity contribution in [2.24, 2.45) is 5.73 Å². The SMILES string of the molecule is CCOC(=O)C[C@@H](N)c1c(C(F)(F)F)ccc(Cl)c1F.Cl. The summed E-state index contributed by atoms with van der Waals surface area (Å²) in [7, 11) is 0. The fourth-order valence-corrected chi connectivity index (χ4v) is 1.84. The van der Waals surface area contributed by atoms with Gasteiger partial charge in [0.1, 0.15) is 5.82 Å². The summed E-state index contributed by atoms with van der Waals surface area (Å²) in [5.41, 5.74) is 3.41. The smallest absolute Gasteiger partial charge is 0.416 e. The maximum absolute atomic E-state index is 13.8. The van der Waals surface area contributed by atoms with Gasteiger partial charge in [-0.2, -0.15) is 13.2 Å². The Balaban J connectivity index is 0.00000400. The topological polar surface area (TPSA) is 52.3 Å². The third kappa shape index (κ3) is 5.01. The Morgan fingerprint density at radius 2 is 2.00 bits per heavy atom. The largest absolute Gasteiger partial charge is 0.466 e. The van der Waals surface area contributed by atoms with Gasteiger partial charge in [0.15, 0.2) is 0 Å². The van der Waals surface area contributed by atoms with Crippen LogP contribution in [0, 0.1) is 5.82 Å². The van der Waals surface area contributed by atoms with Crippen LogP contribution in [0.5, 0.6) is 0 Å². The molecule has 1 aromatic carbocycles. The summed E-state index contributed by atoms with van der Waals surface area (Å²) < 4.78 is 56.9. The van der Waals surface area contributed by atoms with Crippen LogP contribution in [0.3, 0.4) is 0 Å². The van der Waals surface area contributed by atoms with Gasteiger partial charge in [-0.25, -0.2) is 4.39 Å². The normalized spacial score (nSPS) is 12.5. The molecule has 0 saturated heterocycles. The molecule has 1 atom stereocenters. The van der Waals surface area contributed by atoms with E-state index in [-0.39, 0.29) is 19.0 Å². The van der Waals surface area contributed by atoms with Crippen LogP contribution in [-0.4, -0.2) is 12.6 Å². The molecule has 0 aliphatic rings. The van der Waals surface area contributed by atoms with E-state index in [0.29, 0.717) is 6.07 Å². The number of carbonyl (C=O) groups is 1. The van der Waals surface area contributed by atoms with Crippen LogP contribution in [0.2, 0.25) is 5.02 Å². The van der Waals surface area contributed by atoms with Crippen molar-refractivity contribution < 1.29 is 27.1 Å². The van der Waals surface area contributed by atoms with Gasteiger partial charge in [-0.15, -0.1) is 12.4 Å². The molecule has 0 aromatic heterocycles. The molecule has 2 N–H and O–H groups in total. The molecule has 0 saturated carbocycles. The average Bonchev–Trinajstić information content (AvgIpc) is 2.30. The van der Waals surface area contributed by atoms with Gasteiger partial charge in [0, 0.05) is 11.6 Å². The second kappa shape index (κ2) is 7.82. The Labute approximate surface area is 129 Å². The van der Waals surface area contributed by atoms with Gasteiger partial charge in [-0.3, -0.25) is 4.79 Å². The first-order valence-corrected chi connectivity index (χ1v) is 6.02. The molecule has 0 aliphatic carbocycles. The van der Waals surface area contributed by atoms with Crippen LogP contribution in [0.25, 0.3) is 0 Å². The Kier molecular flexibility index (Phi) is 7.43. The van der Waals surface area contributed by atoms with Crippen LogP contribution in [0.4, 0.5) is 17.6 Å².